The summed E-state index contributed by atoms with van der Waals surface area (Å²) in [6, 6.07) is 10.7. The Labute approximate surface area is 190 Å². The van der Waals surface area contributed by atoms with Crippen LogP contribution in [0.3, 0.4) is 0 Å². The highest BCUT2D eigenvalue weighted by Gasteiger charge is 2.29. The lowest BCUT2D eigenvalue weighted by Gasteiger charge is -2.33. The highest BCUT2D eigenvalue weighted by molar-refractivity contribution is 5.92. The van der Waals surface area contributed by atoms with E-state index in [0.29, 0.717) is 50.2 Å². The maximum atomic E-state index is 12.7. The van der Waals surface area contributed by atoms with Gasteiger partial charge in [-0.25, -0.2) is 0 Å². The minimum atomic E-state index is -0.0697. The number of hydrogen-bond acceptors (Lipinski definition) is 5. The van der Waals surface area contributed by atoms with Crippen molar-refractivity contribution in [2.75, 3.05) is 39.4 Å². The lowest BCUT2D eigenvalue weighted by molar-refractivity contribution is -0.134. The molecule has 0 aromatic heterocycles. The Morgan fingerprint density at radius 2 is 1.78 bits per heavy atom. The molecule has 7 heteroatoms. The van der Waals surface area contributed by atoms with E-state index in [9.17, 15) is 9.59 Å². The quantitative estimate of drug-likeness (QED) is 0.705. The lowest BCUT2D eigenvalue weighted by atomic mass is 9.92. The number of hydrogen-bond donors (Lipinski definition) is 1. The van der Waals surface area contributed by atoms with Crippen molar-refractivity contribution in [1.29, 1.82) is 0 Å². The Hall–Kier alpha value is -2.54. The van der Waals surface area contributed by atoms with Crippen molar-refractivity contribution in [3.05, 3.63) is 47.4 Å². The summed E-state index contributed by atoms with van der Waals surface area (Å²) in [4.78, 5) is 29.4. The smallest absolute Gasteiger partial charge is 0.292 e. The molecule has 0 spiro atoms. The van der Waals surface area contributed by atoms with Crippen LogP contribution in [0, 0.1) is 5.92 Å². The molecule has 174 valence electrons. The number of ether oxygens (including phenoxy) is 2. The van der Waals surface area contributed by atoms with Crippen LogP contribution in [0.15, 0.2) is 41.9 Å². The number of nitrogens with one attached hydrogen (secondary N) is 1. The monoisotopic (exact) mass is 441 g/mol. The molecule has 3 heterocycles. The number of rotatable bonds is 7. The number of amides is 2. The summed E-state index contributed by atoms with van der Waals surface area (Å²) in [6.45, 7) is 7.01. The van der Waals surface area contributed by atoms with Gasteiger partial charge in [0.1, 0.15) is 19.0 Å². The zero-order chi connectivity index (χ0) is 22.3. The largest absolute Gasteiger partial charge is 0.491 e. The van der Waals surface area contributed by atoms with E-state index in [1.807, 2.05) is 11.0 Å². The van der Waals surface area contributed by atoms with Crippen LogP contribution < -0.4 is 5.32 Å². The first kappa shape index (κ1) is 22.6. The third-order valence-corrected chi connectivity index (χ3v) is 6.73. The molecule has 1 aromatic carbocycles. The van der Waals surface area contributed by atoms with E-state index in [2.05, 4.69) is 34.5 Å². The first-order valence-electron chi connectivity index (χ1n) is 11.9. The second kappa shape index (κ2) is 10.9. The Morgan fingerprint density at radius 1 is 1.03 bits per heavy atom. The Bertz CT molecular complexity index is 818. The summed E-state index contributed by atoms with van der Waals surface area (Å²) in [6.07, 6.45) is 4.33. The average Bonchev–Trinajstić information content (AvgIpc) is 3.25. The van der Waals surface area contributed by atoms with Gasteiger partial charge >= 0.3 is 0 Å². The van der Waals surface area contributed by atoms with Gasteiger partial charge in [-0.15, -0.1) is 0 Å². The number of allylic oxidation sites excluding steroid dienone is 1. The molecule has 4 rings (SSSR count). The molecule has 1 atom stereocenters. The van der Waals surface area contributed by atoms with Gasteiger partial charge in [0.25, 0.3) is 5.91 Å². The van der Waals surface area contributed by atoms with E-state index in [1.165, 1.54) is 5.56 Å². The van der Waals surface area contributed by atoms with Gasteiger partial charge in [0.05, 0.1) is 0 Å². The minimum Gasteiger partial charge on any atom is -0.491 e. The van der Waals surface area contributed by atoms with Crippen LogP contribution in [0.1, 0.15) is 44.6 Å². The van der Waals surface area contributed by atoms with Crippen LogP contribution in [0.25, 0.3) is 0 Å². The second-order valence-corrected chi connectivity index (χ2v) is 9.13. The molecule has 0 radical (unpaired) electrons. The SMILES string of the molecule is CC1=C(C(=O)N2CCC(CCC(=O)NC3CCN(Cc4ccccc4)C3)CC2)OCCO1. The highest BCUT2D eigenvalue weighted by Crippen LogP contribution is 2.25. The summed E-state index contributed by atoms with van der Waals surface area (Å²) in [5, 5.41) is 3.23. The van der Waals surface area contributed by atoms with Gasteiger partial charge in [0.2, 0.25) is 11.7 Å². The Kier molecular flexibility index (Phi) is 7.68. The van der Waals surface area contributed by atoms with Crippen molar-refractivity contribution in [1.82, 2.24) is 15.1 Å². The van der Waals surface area contributed by atoms with E-state index in [0.717, 1.165) is 45.3 Å². The van der Waals surface area contributed by atoms with Crippen LogP contribution >= 0.6 is 0 Å². The van der Waals surface area contributed by atoms with E-state index >= 15 is 0 Å². The van der Waals surface area contributed by atoms with Crippen molar-refractivity contribution in [2.24, 2.45) is 5.92 Å². The fraction of sp³-hybridized carbons (Fsp3) is 0.600. The molecular weight excluding hydrogens is 406 g/mol. The first-order valence-corrected chi connectivity index (χ1v) is 11.9. The lowest BCUT2D eigenvalue weighted by Crippen LogP contribution is -2.41. The number of carbonyl (C=O) groups is 2. The van der Waals surface area contributed by atoms with Crippen molar-refractivity contribution in [3.63, 3.8) is 0 Å². The molecule has 0 bridgehead atoms. The van der Waals surface area contributed by atoms with Gasteiger partial charge in [-0.3, -0.25) is 14.5 Å². The van der Waals surface area contributed by atoms with Crippen LogP contribution in [-0.2, 0) is 25.6 Å². The molecular formula is C25H35N3O4. The Balaban J connectivity index is 1.13. The summed E-state index contributed by atoms with van der Waals surface area (Å²) < 4.78 is 11.0. The molecule has 0 aliphatic carbocycles. The van der Waals surface area contributed by atoms with Crippen molar-refractivity contribution < 1.29 is 19.1 Å². The number of likely N-dealkylation sites (tertiary alicyclic amines) is 2. The first-order chi connectivity index (χ1) is 15.6. The minimum absolute atomic E-state index is 0.0697. The molecule has 1 unspecified atom stereocenters. The fourth-order valence-corrected chi connectivity index (χ4v) is 4.86. The van der Waals surface area contributed by atoms with Gasteiger partial charge in [0, 0.05) is 45.2 Å². The van der Waals surface area contributed by atoms with Gasteiger partial charge in [-0.05, 0) is 44.1 Å². The van der Waals surface area contributed by atoms with Crippen LogP contribution in [0.4, 0.5) is 0 Å². The zero-order valence-electron chi connectivity index (χ0n) is 19.1. The summed E-state index contributed by atoms with van der Waals surface area (Å²) in [5.74, 6) is 1.51. The van der Waals surface area contributed by atoms with Crippen LogP contribution in [0.2, 0.25) is 0 Å². The topological polar surface area (TPSA) is 71.1 Å². The predicted molar refractivity (Wildman–Crippen MR) is 121 cm³/mol. The van der Waals surface area contributed by atoms with Crippen molar-refractivity contribution >= 4 is 11.8 Å². The number of piperidine rings is 1. The molecule has 7 nitrogen and oxygen atoms in total. The van der Waals surface area contributed by atoms with E-state index in [-0.39, 0.29) is 17.9 Å². The van der Waals surface area contributed by atoms with Gasteiger partial charge in [0.15, 0.2) is 0 Å². The average molecular weight is 442 g/mol. The van der Waals surface area contributed by atoms with Crippen molar-refractivity contribution in [3.8, 4) is 0 Å². The Morgan fingerprint density at radius 3 is 2.53 bits per heavy atom. The van der Waals surface area contributed by atoms with E-state index in [4.69, 9.17) is 9.47 Å². The highest BCUT2D eigenvalue weighted by atomic mass is 16.6. The molecule has 3 aliphatic heterocycles. The molecule has 2 amide bonds. The molecule has 2 saturated heterocycles. The molecule has 2 fully saturated rings. The normalized spacial score (nSPS) is 22.4. The molecule has 0 saturated carbocycles. The second-order valence-electron chi connectivity index (χ2n) is 9.13. The molecule has 1 aromatic rings. The third-order valence-electron chi connectivity index (χ3n) is 6.73. The van der Waals surface area contributed by atoms with Gasteiger partial charge in [-0.1, -0.05) is 30.3 Å². The number of carbonyl (C=O) groups excluding carboxylic acids is 2. The summed E-state index contributed by atoms with van der Waals surface area (Å²) in [7, 11) is 0. The predicted octanol–water partition coefficient (Wildman–Crippen LogP) is 2.67. The number of benzene rings is 1. The fourth-order valence-electron chi connectivity index (χ4n) is 4.86. The van der Waals surface area contributed by atoms with Crippen LogP contribution in [0.5, 0.6) is 0 Å². The molecule has 1 N–H and O–H groups in total. The van der Waals surface area contributed by atoms with E-state index < -0.39 is 0 Å². The van der Waals surface area contributed by atoms with Crippen LogP contribution in [-0.4, -0.2) is 67.0 Å². The van der Waals surface area contributed by atoms with Gasteiger partial charge in [-0.2, -0.15) is 0 Å². The maximum absolute atomic E-state index is 12.7. The number of nitrogens with zero attached hydrogens (tertiary/aromatic N) is 2. The van der Waals surface area contributed by atoms with Crippen molar-refractivity contribution in [2.45, 2.75) is 51.6 Å². The zero-order valence-corrected chi connectivity index (χ0v) is 19.1. The molecule has 32 heavy (non-hydrogen) atoms. The molecule has 3 aliphatic rings. The summed E-state index contributed by atoms with van der Waals surface area (Å²) in [5.41, 5.74) is 1.32. The standard InChI is InChI=1S/C25H35N3O4/c1-19-24(32-16-15-31-19)25(30)28-13-9-20(10-14-28)7-8-23(29)26-22-11-12-27(18-22)17-21-5-3-2-4-6-21/h2-6,20,22H,7-18H2,1H3,(H,26,29). The maximum Gasteiger partial charge on any atom is 0.292 e. The van der Waals surface area contributed by atoms with E-state index in [1.54, 1.807) is 6.92 Å². The summed E-state index contributed by atoms with van der Waals surface area (Å²) >= 11 is 0. The van der Waals surface area contributed by atoms with Gasteiger partial charge < -0.3 is 19.7 Å². The third kappa shape index (κ3) is 6.03.